The fourth-order valence-corrected chi connectivity index (χ4v) is 3.78. The van der Waals surface area contributed by atoms with Crippen LogP contribution in [-0.4, -0.2) is 32.4 Å². The second-order valence-electron chi connectivity index (χ2n) is 5.49. The number of rotatable bonds is 3. The first-order valence-electron chi connectivity index (χ1n) is 6.44. The third-order valence-electron chi connectivity index (χ3n) is 3.93. The summed E-state index contributed by atoms with van der Waals surface area (Å²) in [6.07, 6.45) is 1.26. The van der Waals surface area contributed by atoms with Crippen molar-refractivity contribution < 1.29 is 17.2 Å². The highest BCUT2D eigenvalue weighted by Gasteiger charge is 2.35. The van der Waals surface area contributed by atoms with Crippen molar-refractivity contribution in [3.05, 3.63) is 29.8 Å². The van der Waals surface area contributed by atoms with Gasteiger partial charge in [-0.1, -0.05) is 6.92 Å². The van der Waals surface area contributed by atoms with Crippen LogP contribution in [0, 0.1) is 17.0 Å². The van der Waals surface area contributed by atoms with Crippen molar-refractivity contribution >= 4 is 10.0 Å². The van der Waals surface area contributed by atoms with E-state index in [1.165, 1.54) is 4.31 Å². The van der Waals surface area contributed by atoms with Crippen molar-refractivity contribution in [2.75, 3.05) is 19.6 Å². The van der Waals surface area contributed by atoms with Crippen molar-refractivity contribution in [3.63, 3.8) is 0 Å². The minimum absolute atomic E-state index is 0.0760. The maximum absolute atomic E-state index is 13.7. The quantitative estimate of drug-likeness (QED) is 0.924. The largest absolute Gasteiger partial charge is 0.330 e. The number of nitrogens with two attached hydrogens (primary N) is 1. The van der Waals surface area contributed by atoms with E-state index in [0.29, 0.717) is 38.5 Å². The molecule has 1 aliphatic heterocycles. The van der Waals surface area contributed by atoms with E-state index in [9.17, 15) is 17.2 Å². The molecule has 0 spiro atoms. The highest BCUT2D eigenvalue weighted by Crippen LogP contribution is 2.32. The average molecular weight is 304 g/mol. The molecule has 0 aliphatic carbocycles. The first kappa shape index (κ1) is 15.3. The molecule has 1 aromatic rings. The van der Waals surface area contributed by atoms with E-state index in [1.807, 2.05) is 6.92 Å². The van der Waals surface area contributed by atoms with Crippen LogP contribution in [0.25, 0.3) is 0 Å². The third-order valence-corrected chi connectivity index (χ3v) is 5.87. The van der Waals surface area contributed by atoms with Gasteiger partial charge >= 0.3 is 0 Å². The van der Waals surface area contributed by atoms with Gasteiger partial charge in [-0.3, -0.25) is 0 Å². The molecule has 112 valence electrons. The predicted octanol–water partition coefficient (Wildman–Crippen LogP) is 1.71. The molecule has 0 atom stereocenters. The van der Waals surface area contributed by atoms with Gasteiger partial charge in [0.05, 0.1) is 0 Å². The molecule has 1 aromatic carbocycles. The Bertz CT molecular complexity index is 596. The molecule has 2 rings (SSSR count). The van der Waals surface area contributed by atoms with Crippen LogP contribution < -0.4 is 5.73 Å². The predicted molar refractivity (Wildman–Crippen MR) is 71.5 cm³/mol. The Morgan fingerprint density at radius 2 is 1.90 bits per heavy atom. The zero-order valence-electron chi connectivity index (χ0n) is 11.3. The van der Waals surface area contributed by atoms with Gasteiger partial charge in [-0.15, -0.1) is 0 Å². The lowest BCUT2D eigenvalue weighted by atomic mass is 9.81. The van der Waals surface area contributed by atoms with E-state index in [2.05, 4.69) is 0 Å². The zero-order valence-corrected chi connectivity index (χ0v) is 12.1. The maximum atomic E-state index is 13.7. The molecule has 7 heteroatoms. The number of hydrogen-bond acceptors (Lipinski definition) is 3. The minimum atomic E-state index is -3.92. The lowest BCUT2D eigenvalue weighted by Crippen LogP contribution is -2.44. The Kier molecular flexibility index (Phi) is 4.13. The molecule has 20 heavy (non-hydrogen) atoms. The molecule has 1 saturated heterocycles. The summed E-state index contributed by atoms with van der Waals surface area (Å²) in [6.45, 7) is 3.10. The van der Waals surface area contributed by atoms with Crippen molar-refractivity contribution in [1.82, 2.24) is 4.31 Å². The zero-order chi connectivity index (χ0) is 15.0. The summed E-state index contributed by atoms with van der Waals surface area (Å²) in [7, 11) is -3.92. The Morgan fingerprint density at radius 1 is 1.30 bits per heavy atom. The van der Waals surface area contributed by atoms with Gasteiger partial charge in [0, 0.05) is 19.2 Å². The van der Waals surface area contributed by atoms with Crippen LogP contribution in [0.5, 0.6) is 0 Å². The van der Waals surface area contributed by atoms with Gasteiger partial charge in [-0.2, -0.15) is 4.31 Å². The fraction of sp³-hybridized carbons (Fsp3) is 0.538. The van der Waals surface area contributed by atoms with Crippen molar-refractivity contribution in [2.24, 2.45) is 11.1 Å². The van der Waals surface area contributed by atoms with Crippen LogP contribution in [0.4, 0.5) is 8.78 Å². The SMILES string of the molecule is CC1(CN)CCN(S(=O)(=O)c2ccc(F)cc2F)CC1. The molecule has 1 fully saturated rings. The van der Waals surface area contributed by atoms with E-state index < -0.39 is 26.6 Å². The van der Waals surface area contributed by atoms with Crippen LogP contribution in [0.1, 0.15) is 19.8 Å². The molecule has 0 amide bonds. The molecule has 0 saturated carbocycles. The fourth-order valence-electron chi connectivity index (χ4n) is 2.29. The highest BCUT2D eigenvalue weighted by atomic mass is 32.2. The second-order valence-corrected chi connectivity index (χ2v) is 7.40. The number of sulfonamides is 1. The van der Waals surface area contributed by atoms with Crippen LogP contribution in [0.2, 0.25) is 0 Å². The first-order valence-corrected chi connectivity index (χ1v) is 7.88. The number of nitrogens with zero attached hydrogens (tertiary/aromatic N) is 1. The summed E-state index contributed by atoms with van der Waals surface area (Å²) in [5.74, 6) is -1.85. The highest BCUT2D eigenvalue weighted by molar-refractivity contribution is 7.89. The molecule has 4 nitrogen and oxygen atoms in total. The lowest BCUT2D eigenvalue weighted by Gasteiger charge is -2.37. The molecular weight excluding hydrogens is 286 g/mol. The van der Waals surface area contributed by atoms with Gasteiger partial charge in [0.25, 0.3) is 0 Å². The average Bonchev–Trinajstić information content (AvgIpc) is 2.39. The molecule has 1 heterocycles. The first-order chi connectivity index (χ1) is 9.28. The van der Waals surface area contributed by atoms with Gasteiger partial charge in [0.1, 0.15) is 16.5 Å². The molecular formula is C13H18F2N2O2S. The third kappa shape index (κ3) is 2.84. The summed E-state index contributed by atoms with van der Waals surface area (Å²) in [5, 5.41) is 0. The van der Waals surface area contributed by atoms with E-state index in [4.69, 9.17) is 5.73 Å². The van der Waals surface area contributed by atoms with Gasteiger partial charge in [-0.25, -0.2) is 17.2 Å². The summed E-state index contributed by atoms with van der Waals surface area (Å²) < 4.78 is 52.5. The molecule has 2 N–H and O–H groups in total. The van der Waals surface area contributed by atoms with Gasteiger partial charge in [0.15, 0.2) is 0 Å². The molecule has 0 unspecified atom stereocenters. The monoisotopic (exact) mass is 304 g/mol. The normalized spacial score (nSPS) is 20.0. The summed E-state index contributed by atoms with van der Waals surface area (Å²) in [4.78, 5) is -0.477. The Balaban J connectivity index is 2.24. The Labute approximate surface area is 117 Å². The summed E-state index contributed by atoms with van der Waals surface area (Å²) in [5.41, 5.74) is 5.60. The van der Waals surface area contributed by atoms with Crippen LogP contribution in [-0.2, 0) is 10.0 Å². The minimum Gasteiger partial charge on any atom is -0.330 e. The van der Waals surface area contributed by atoms with E-state index in [0.717, 1.165) is 12.1 Å². The number of piperidine rings is 1. The van der Waals surface area contributed by atoms with Gasteiger partial charge < -0.3 is 5.73 Å². The molecule has 0 radical (unpaired) electrons. The Hall–Kier alpha value is -1.05. The van der Waals surface area contributed by atoms with Crippen molar-refractivity contribution in [2.45, 2.75) is 24.7 Å². The van der Waals surface area contributed by atoms with E-state index in [1.54, 1.807) is 0 Å². The standard InChI is InChI=1S/C13H18F2N2O2S/c1-13(9-16)4-6-17(7-5-13)20(18,19)12-3-2-10(14)8-11(12)15/h2-3,8H,4-7,9,16H2,1H3. The lowest BCUT2D eigenvalue weighted by molar-refractivity contribution is 0.182. The summed E-state index contributed by atoms with van der Waals surface area (Å²) in [6, 6.07) is 2.50. The van der Waals surface area contributed by atoms with E-state index in [-0.39, 0.29) is 5.41 Å². The summed E-state index contributed by atoms with van der Waals surface area (Å²) >= 11 is 0. The van der Waals surface area contributed by atoms with Gasteiger partial charge in [-0.05, 0) is 36.9 Å². The number of benzene rings is 1. The van der Waals surface area contributed by atoms with Crippen LogP contribution in [0.15, 0.2) is 23.1 Å². The molecule has 0 bridgehead atoms. The van der Waals surface area contributed by atoms with Crippen molar-refractivity contribution in [1.29, 1.82) is 0 Å². The second kappa shape index (κ2) is 5.38. The number of halogens is 2. The van der Waals surface area contributed by atoms with E-state index >= 15 is 0 Å². The van der Waals surface area contributed by atoms with Crippen LogP contribution in [0.3, 0.4) is 0 Å². The Morgan fingerprint density at radius 3 is 2.40 bits per heavy atom. The van der Waals surface area contributed by atoms with Crippen LogP contribution >= 0.6 is 0 Å². The molecule has 0 aromatic heterocycles. The topological polar surface area (TPSA) is 63.4 Å². The van der Waals surface area contributed by atoms with Gasteiger partial charge in [0.2, 0.25) is 10.0 Å². The van der Waals surface area contributed by atoms with Crippen molar-refractivity contribution in [3.8, 4) is 0 Å². The molecule has 1 aliphatic rings. The smallest absolute Gasteiger partial charge is 0.245 e. The maximum Gasteiger partial charge on any atom is 0.245 e. The number of hydrogen-bond donors (Lipinski definition) is 1.